The van der Waals surface area contributed by atoms with Crippen LogP contribution in [-0.2, 0) is 19.7 Å². The Balaban J connectivity index is 1.32. The van der Waals surface area contributed by atoms with Crippen LogP contribution >= 0.6 is 34.8 Å². The number of nitrogens with one attached hydrogen (secondary N) is 1. The summed E-state index contributed by atoms with van der Waals surface area (Å²) in [7, 11) is 0. The maximum Gasteiger partial charge on any atom is 0.180 e. The van der Waals surface area contributed by atoms with E-state index in [4.69, 9.17) is 44.3 Å². The van der Waals surface area contributed by atoms with Gasteiger partial charge in [0, 0.05) is 34.7 Å². The second-order valence-corrected chi connectivity index (χ2v) is 10.0. The molecule has 0 bridgehead atoms. The Morgan fingerprint density at radius 2 is 1.66 bits per heavy atom. The molecule has 186 valence electrons. The molecule has 0 saturated carbocycles. The third-order valence-electron chi connectivity index (χ3n) is 6.19. The van der Waals surface area contributed by atoms with Crippen molar-refractivity contribution in [3.63, 3.8) is 0 Å². The fourth-order valence-corrected chi connectivity index (χ4v) is 5.07. The summed E-state index contributed by atoms with van der Waals surface area (Å²) in [6.45, 7) is 6.67. The number of nitrogens with zero attached hydrogens (tertiary/aromatic N) is 1. The van der Waals surface area contributed by atoms with Gasteiger partial charge < -0.3 is 14.8 Å². The maximum atomic E-state index is 6.63. The molecule has 4 nitrogen and oxygen atoms in total. The quantitative estimate of drug-likeness (QED) is 0.295. The molecule has 1 saturated heterocycles. The third kappa shape index (κ3) is 7.52. The molecule has 35 heavy (non-hydrogen) atoms. The first kappa shape index (κ1) is 26.1. The predicted molar refractivity (Wildman–Crippen MR) is 145 cm³/mol. The van der Waals surface area contributed by atoms with Crippen LogP contribution in [0.3, 0.4) is 0 Å². The monoisotopic (exact) mass is 532 g/mol. The van der Waals surface area contributed by atoms with Crippen LogP contribution in [0.1, 0.15) is 36.5 Å². The highest BCUT2D eigenvalue weighted by Gasteiger charge is 2.20. The van der Waals surface area contributed by atoms with Gasteiger partial charge in [-0.2, -0.15) is 0 Å². The molecule has 3 aromatic rings. The molecule has 1 fully saturated rings. The fourth-order valence-electron chi connectivity index (χ4n) is 4.31. The summed E-state index contributed by atoms with van der Waals surface area (Å²) in [6.07, 6.45) is 2.25. The van der Waals surface area contributed by atoms with Crippen LogP contribution in [0.15, 0.2) is 60.7 Å². The molecule has 1 aliphatic rings. The second kappa shape index (κ2) is 12.8. The van der Waals surface area contributed by atoms with E-state index in [1.54, 1.807) is 12.1 Å². The summed E-state index contributed by atoms with van der Waals surface area (Å²) in [5.74, 6) is 1.16. The van der Waals surface area contributed by atoms with Crippen LogP contribution in [0, 0.1) is 0 Å². The van der Waals surface area contributed by atoms with Crippen LogP contribution in [0.5, 0.6) is 11.5 Å². The van der Waals surface area contributed by atoms with E-state index in [0.717, 1.165) is 50.1 Å². The van der Waals surface area contributed by atoms with E-state index in [9.17, 15) is 0 Å². The number of benzene rings is 3. The van der Waals surface area contributed by atoms with E-state index in [-0.39, 0.29) is 6.61 Å². The molecule has 0 unspecified atom stereocenters. The largest absolute Gasteiger partial charge is 0.490 e. The first-order valence-corrected chi connectivity index (χ1v) is 13.2. The van der Waals surface area contributed by atoms with E-state index in [1.165, 1.54) is 5.56 Å². The molecule has 0 amide bonds. The van der Waals surface area contributed by atoms with Crippen molar-refractivity contribution < 1.29 is 9.47 Å². The lowest BCUT2D eigenvalue weighted by Crippen LogP contribution is -2.41. The van der Waals surface area contributed by atoms with E-state index >= 15 is 0 Å². The predicted octanol–water partition coefficient (Wildman–Crippen LogP) is 7.38. The van der Waals surface area contributed by atoms with Crippen molar-refractivity contribution in [2.45, 2.75) is 45.5 Å². The van der Waals surface area contributed by atoms with Crippen molar-refractivity contribution in [2.24, 2.45) is 0 Å². The van der Waals surface area contributed by atoms with Crippen molar-refractivity contribution in [3.8, 4) is 11.5 Å². The van der Waals surface area contributed by atoms with Gasteiger partial charge in [0.15, 0.2) is 11.5 Å². The zero-order valence-corrected chi connectivity index (χ0v) is 22.2. The Bertz CT molecular complexity index is 1100. The molecule has 1 heterocycles. The van der Waals surface area contributed by atoms with Crippen LogP contribution in [-0.4, -0.2) is 30.6 Å². The number of piperidine rings is 1. The highest BCUT2D eigenvalue weighted by Crippen LogP contribution is 2.38. The fraction of sp³-hybridized carbons (Fsp3) is 0.357. The highest BCUT2D eigenvalue weighted by molar-refractivity contribution is 6.35. The summed E-state index contributed by atoms with van der Waals surface area (Å²) in [5.41, 5.74) is 3.28. The molecule has 3 aromatic carbocycles. The molecule has 0 spiro atoms. The van der Waals surface area contributed by atoms with Crippen LogP contribution in [0.4, 0.5) is 0 Å². The molecule has 0 aromatic heterocycles. The van der Waals surface area contributed by atoms with Gasteiger partial charge in [0.25, 0.3) is 0 Å². The van der Waals surface area contributed by atoms with Gasteiger partial charge in [-0.1, -0.05) is 71.2 Å². The van der Waals surface area contributed by atoms with Crippen LogP contribution < -0.4 is 14.8 Å². The average molecular weight is 534 g/mol. The third-order valence-corrected chi connectivity index (χ3v) is 7.06. The van der Waals surface area contributed by atoms with Crippen molar-refractivity contribution >= 4 is 34.8 Å². The Morgan fingerprint density at radius 3 is 2.37 bits per heavy atom. The topological polar surface area (TPSA) is 33.7 Å². The van der Waals surface area contributed by atoms with Crippen molar-refractivity contribution in [2.75, 3.05) is 19.7 Å². The second-order valence-electron chi connectivity index (χ2n) is 8.78. The smallest absolute Gasteiger partial charge is 0.180 e. The van der Waals surface area contributed by atoms with Crippen molar-refractivity contribution in [1.82, 2.24) is 10.2 Å². The van der Waals surface area contributed by atoms with Gasteiger partial charge in [0.1, 0.15) is 6.61 Å². The molecule has 1 aliphatic heterocycles. The molecule has 0 radical (unpaired) electrons. The SMILES string of the molecule is CCOc1cc(CNC2CCN(Cc3ccccc3)CC2)cc(Cl)c1OCc1ccc(Cl)cc1Cl. The van der Waals surface area contributed by atoms with E-state index in [0.29, 0.717) is 39.2 Å². The van der Waals surface area contributed by atoms with Gasteiger partial charge in [0.2, 0.25) is 0 Å². The highest BCUT2D eigenvalue weighted by atomic mass is 35.5. The van der Waals surface area contributed by atoms with Crippen LogP contribution in [0.2, 0.25) is 15.1 Å². The standard InChI is InChI=1S/C28H31Cl3N2O2/c1-2-34-27-15-21(14-26(31)28(27)35-19-22-8-9-23(29)16-25(22)30)17-32-24-10-12-33(13-11-24)18-20-6-4-3-5-7-20/h3-9,14-16,24,32H,2,10-13,17-19H2,1H3. The summed E-state index contributed by atoms with van der Waals surface area (Å²) < 4.78 is 11.9. The van der Waals surface area contributed by atoms with Gasteiger partial charge in [-0.3, -0.25) is 4.90 Å². The summed E-state index contributed by atoms with van der Waals surface area (Å²) in [6, 6.07) is 20.4. The van der Waals surface area contributed by atoms with Gasteiger partial charge in [-0.25, -0.2) is 0 Å². The molecule has 1 N–H and O–H groups in total. The Hall–Kier alpha value is -1.95. The zero-order chi connectivity index (χ0) is 24.6. The number of likely N-dealkylation sites (tertiary alicyclic amines) is 1. The van der Waals surface area contributed by atoms with Crippen molar-refractivity contribution in [1.29, 1.82) is 0 Å². The normalized spacial score (nSPS) is 14.7. The van der Waals surface area contributed by atoms with Gasteiger partial charge in [-0.15, -0.1) is 0 Å². The Labute approximate surface area is 223 Å². The summed E-state index contributed by atoms with van der Waals surface area (Å²) in [5, 5.41) is 5.37. The first-order chi connectivity index (χ1) is 17.0. The number of halogens is 3. The molecule has 0 atom stereocenters. The van der Waals surface area contributed by atoms with Crippen LogP contribution in [0.25, 0.3) is 0 Å². The lowest BCUT2D eigenvalue weighted by Gasteiger charge is -2.32. The number of ether oxygens (including phenoxy) is 2. The minimum Gasteiger partial charge on any atom is -0.490 e. The molecule has 7 heteroatoms. The number of hydrogen-bond acceptors (Lipinski definition) is 4. The number of rotatable bonds is 10. The lowest BCUT2D eigenvalue weighted by atomic mass is 10.0. The molecular formula is C28H31Cl3N2O2. The van der Waals surface area contributed by atoms with E-state index in [2.05, 4.69) is 40.5 Å². The molecular weight excluding hydrogens is 503 g/mol. The minimum atomic E-state index is 0.273. The summed E-state index contributed by atoms with van der Waals surface area (Å²) >= 11 is 18.9. The first-order valence-electron chi connectivity index (χ1n) is 12.0. The summed E-state index contributed by atoms with van der Waals surface area (Å²) in [4.78, 5) is 2.52. The van der Waals surface area contributed by atoms with E-state index < -0.39 is 0 Å². The van der Waals surface area contributed by atoms with Gasteiger partial charge in [0.05, 0.1) is 11.6 Å². The average Bonchev–Trinajstić information content (AvgIpc) is 2.85. The Kier molecular flexibility index (Phi) is 9.59. The number of hydrogen-bond donors (Lipinski definition) is 1. The molecule has 0 aliphatic carbocycles. The van der Waals surface area contributed by atoms with Gasteiger partial charge >= 0.3 is 0 Å². The van der Waals surface area contributed by atoms with E-state index in [1.807, 2.05) is 25.1 Å². The zero-order valence-electron chi connectivity index (χ0n) is 19.9. The maximum absolute atomic E-state index is 6.63. The lowest BCUT2D eigenvalue weighted by molar-refractivity contribution is 0.190. The van der Waals surface area contributed by atoms with Crippen molar-refractivity contribution in [3.05, 3.63) is 92.4 Å². The molecule has 4 rings (SSSR count). The minimum absolute atomic E-state index is 0.273. The van der Waals surface area contributed by atoms with Gasteiger partial charge in [-0.05, 0) is 68.2 Å². The Morgan fingerprint density at radius 1 is 0.886 bits per heavy atom.